The number of pyridine rings is 1. The second kappa shape index (κ2) is 4.96. The highest BCUT2D eigenvalue weighted by molar-refractivity contribution is 9.10. The number of aromatic nitrogens is 1. The number of hydrogen-bond acceptors (Lipinski definition) is 3. The lowest BCUT2D eigenvalue weighted by molar-refractivity contribution is 0.0116. The number of benzene rings is 1. The van der Waals surface area contributed by atoms with Crippen LogP contribution in [0.2, 0.25) is 0 Å². The Hall–Kier alpha value is -1.79. The normalized spacial score (nSPS) is 21.9. The highest BCUT2D eigenvalue weighted by Crippen LogP contribution is 2.31. The van der Waals surface area contributed by atoms with Gasteiger partial charge in [0.1, 0.15) is 11.5 Å². The minimum Gasteiger partial charge on any atom is -0.368 e. The van der Waals surface area contributed by atoms with Crippen LogP contribution in [0, 0.1) is 5.82 Å². The molecule has 1 aliphatic heterocycles. The van der Waals surface area contributed by atoms with Crippen molar-refractivity contribution in [2.24, 2.45) is 0 Å². The van der Waals surface area contributed by atoms with Crippen molar-refractivity contribution in [3.8, 4) is 0 Å². The molecule has 20 heavy (non-hydrogen) atoms. The largest absolute Gasteiger partial charge is 0.368 e. The monoisotopic (exact) mass is 337 g/mol. The second-order valence-electron chi connectivity index (χ2n) is 4.35. The molecular formula is C14H10BrFN2O2. The Kier molecular flexibility index (Phi) is 2.97. The summed E-state index contributed by atoms with van der Waals surface area (Å²) in [5.41, 5.74) is 0.338. The maximum atomic E-state index is 13.9. The van der Waals surface area contributed by atoms with Crippen LogP contribution in [0.1, 0.15) is 29.2 Å². The summed E-state index contributed by atoms with van der Waals surface area (Å²) in [6.45, 7) is -0.214. The average molecular weight is 338 g/mol. The van der Waals surface area contributed by atoms with Gasteiger partial charge in [-0.1, -0.05) is 22.0 Å². The van der Waals surface area contributed by atoms with Crippen LogP contribution in [0.25, 0.3) is 0 Å². The third-order valence-electron chi connectivity index (χ3n) is 3.09. The molecule has 102 valence electrons. The lowest BCUT2D eigenvalue weighted by atomic mass is 10.2. The van der Waals surface area contributed by atoms with E-state index in [0.717, 1.165) is 4.90 Å². The summed E-state index contributed by atoms with van der Waals surface area (Å²) in [6, 6.07) is 7.44. The van der Waals surface area contributed by atoms with Crippen LogP contribution in [0.5, 0.6) is 0 Å². The van der Waals surface area contributed by atoms with Gasteiger partial charge in [-0.05, 0) is 24.3 Å². The summed E-state index contributed by atoms with van der Waals surface area (Å²) in [4.78, 5) is 17.0. The van der Waals surface area contributed by atoms with Crippen LogP contribution >= 0.6 is 15.9 Å². The molecule has 0 saturated heterocycles. The van der Waals surface area contributed by atoms with Crippen molar-refractivity contribution in [2.75, 3.05) is 0 Å². The van der Waals surface area contributed by atoms with E-state index in [9.17, 15) is 14.3 Å². The first-order chi connectivity index (χ1) is 9.91. The molecule has 0 aliphatic carbocycles. The molecule has 1 aliphatic rings. The van der Waals surface area contributed by atoms with E-state index in [-0.39, 0.29) is 23.4 Å². The SMILES string of the molecule is [2H]C1(O)c2ncccc2C(=O)N1Cc1ccc(Br)cc1F. The highest BCUT2D eigenvalue weighted by atomic mass is 79.9. The molecule has 2 heterocycles. The maximum absolute atomic E-state index is 13.9. The first kappa shape index (κ1) is 12.0. The quantitative estimate of drug-likeness (QED) is 0.916. The number of hydrogen-bond donors (Lipinski definition) is 1. The summed E-state index contributed by atoms with van der Waals surface area (Å²) in [5, 5.41) is 10.3. The van der Waals surface area contributed by atoms with Crippen molar-refractivity contribution < 1.29 is 15.7 Å². The fraction of sp³-hybridized carbons (Fsp3) is 0.143. The number of carbonyl (C=O) groups is 1. The molecule has 0 saturated carbocycles. The second-order valence-corrected chi connectivity index (χ2v) is 5.27. The van der Waals surface area contributed by atoms with Crippen molar-refractivity contribution in [2.45, 2.75) is 12.7 Å². The number of fused-ring (bicyclic) bond motifs is 1. The minimum atomic E-state index is -2.30. The number of amides is 1. The maximum Gasteiger partial charge on any atom is 0.258 e. The van der Waals surface area contributed by atoms with E-state index >= 15 is 0 Å². The average Bonchev–Trinajstić information content (AvgIpc) is 2.63. The Morgan fingerprint density at radius 3 is 3.00 bits per heavy atom. The van der Waals surface area contributed by atoms with Gasteiger partial charge in [-0.2, -0.15) is 0 Å². The predicted molar refractivity (Wildman–Crippen MR) is 73.2 cm³/mol. The zero-order valence-corrected chi connectivity index (χ0v) is 11.8. The van der Waals surface area contributed by atoms with Crippen molar-refractivity contribution in [3.05, 3.63) is 63.6 Å². The highest BCUT2D eigenvalue weighted by Gasteiger charge is 2.36. The number of rotatable bonds is 2. The van der Waals surface area contributed by atoms with Crippen molar-refractivity contribution in [3.63, 3.8) is 0 Å². The van der Waals surface area contributed by atoms with Gasteiger partial charge < -0.3 is 10.0 Å². The first-order valence-electron chi connectivity index (χ1n) is 6.35. The Morgan fingerprint density at radius 1 is 1.50 bits per heavy atom. The fourth-order valence-electron chi connectivity index (χ4n) is 2.09. The molecule has 1 N–H and O–H groups in total. The van der Waals surface area contributed by atoms with E-state index < -0.39 is 17.9 Å². The van der Waals surface area contributed by atoms with E-state index in [1.807, 2.05) is 0 Å². The predicted octanol–water partition coefficient (Wildman–Crippen LogP) is 2.63. The van der Waals surface area contributed by atoms with E-state index in [2.05, 4.69) is 20.9 Å². The molecule has 1 atom stereocenters. The summed E-state index contributed by atoms with van der Waals surface area (Å²) < 4.78 is 22.4. The molecule has 1 unspecified atom stereocenters. The molecule has 2 aromatic rings. The van der Waals surface area contributed by atoms with Gasteiger partial charge in [0.2, 0.25) is 0 Å². The number of carbonyl (C=O) groups excluding carboxylic acids is 1. The third-order valence-corrected chi connectivity index (χ3v) is 3.59. The summed E-state index contributed by atoms with van der Waals surface area (Å²) in [7, 11) is 0. The number of nitrogens with zero attached hydrogens (tertiary/aromatic N) is 2. The standard InChI is InChI=1S/C14H10BrFN2O2/c15-9-4-3-8(11(16)6-9)7-18-13(19)10-2-1-5-17-12(10)14(18)20/h1-6,14,20H,7H2/i14D. The van der Waals surface area contributed by atoms with Gasteiger partial charge in [-0.25, -0.2) is 4.39 Å². The zero-order chi connectivity index (χ0) is 15.2. The lowest BCUT2D eigenvalue weighted by Crippen LogP contribution is -2.27. The molecule has 3 rings (SSSR count). The van der Waals surface area contributed by atoms with Gasteiger partial charge in [0.15, 0.2) is 6.20 Å². The van der Waals surface area contributed by atoms with Gasteiger partial charge in [0.05, 0.1) is 13.5 Å². The van der Waals surface area contributed by atoms with Gasteiger partial charge in [-0.3, -0.25) is 9.78 Å². The Balaban J connectivity index is 1.99. The Labute approximate surface area is 124 Å². The molecule has 0 radical (unpaired) electrons. The number of halogens is 2. The molecule has 1 amide bonds. The summed E-state index contributed by atoms with van der Waals surface area (Å²) in [6.07, 6.45) is -0.900. The molecule has 1 aromatic heterocycles. The van der Waals surface area contributed by atoms with Gasteiger partial charge in [0, 0.05) is 16.2 Å². The van der Waals surface area contributed by atoms with E-state index in [4.69, 9.17) is 1.37 Å². The van der Waals surface area contributed by atoms with Crippen molar-refractivity contribution in [1.29, 1.82) is 0 Å². The lowest BCUT2D eigenvalue weighted by Gasteiger charge is -2.20. The van der Waals surface area contributed by atoms with Crippen LogP contribution < -0.4 is 0 Å². The van der Waals surface area contributed by atoms with Crippen LogP contribution in [0.4, 0.5) is 4.39 Å². The van der Waals surface area contributed by atoms with E-state index in [1.54, 1.807) is 12.1 Å². The van der Waals surface area contributed by atoms with Crippen LogP contribution in [-0.4, -0.2) is 20.9 Å². The third kappa shape index (κ3) is 2.10. The van der Waals surface area contributed by atoms with Gasteiger partial charge in [-0.15, -0.1) is 0 Å². The molecule has 0 spiro atoms. The Bertz CT molecular complexity index is 739. The van der Waals surface area contributed by atoms with Crippen LogP contribution in [0.3, 0.4) is 0 Å². The van der Waals surface area contributed by atoms with Gasteiger partial charge in [0.25, 0.3) is 5.91 Å². The van der Waals surface area contributed by atoms with Crippen LogP contribution in [-0.2, 0) is 6.54 Å². The molecular weight excluding hydrogens is 327 g/mol. The van der Waals surface area contributed by atoms with Crippen molar-refractivity contribution in [1.82, 2.24) is 9.88 Å². The van der Waals surface area contributed by atoms with E-state index in [1.165, 1.54) is 24.4 Å². The molecule has 6 heteroatoms. The molecule has 0 bridgehead atoms. The molecule has 1 aromatic carbocycles. The molecule has 4 nitrogen and oxygen atoms in total. The fourth-order valence-corrected chi connectivity index (χ4v) is 2.43. The van der Waals surface area contributed by atoms with E-state index in [0.29, 0.717) is 4.47 Å². The summed E-state index contributed by atoms with van der Waals surface area (Å²) in [5.74, 6) is -1.06. The number of aliphatic hydroxyl groups is 1. The summed E-state index contributed by atoms with van der Waals surface area (Å²) >= 11 is 3.15. The first-order valence-corrected chi connectivity index (χ1v) is 6.64. The van der Waals surface area contributed by atoms with Crippen LogP contribution in [0.15, 0.2) is 41.0 Å². The van der Waals surface area contributed by atoms with Crippen molar-refractivity contribution >= 4 is 21.8 Å². The topological polar surface area (TPSA) is 53.4 Å². The van der Waals surface area contributed by atoms with Gasteiger partial charge >= 0.3 is 0 Å². The molecule has 0 fully saturated rings. The smallest absolute Gasteiger partial charge is 0.258 e. The Morgan fingerprint density at radius 2 is 2.30 bits per heavy atom. The zero-order valence-electron chi connectivity index (χ0n) is 11.2. The minimum absolute atomic E-state index is 0.0347.